The van der Waals surface area contributed by atoms with Crippen LogP contribution in [0.3, 0.4) is 0 Å². The maximum absolute atomic E-state index is 12.5. The molecule has 0 N–H and O–H groups in total. The third-order valence-corrected chi connectivity index (χ3v) is 5.93. The van der Waals surface area contributed by atoms with E-state index in [-0.39, 0.29) is 5.91 Å². The third kappa shape index (κ3) is 6.37. The molecule has 0 radical (unpaired) electrons. The molecule has 0 saturated carbocycles. The first-order valence-corrected chi connectivity index (χ1v) is 11.7. The smallest absolute Gasteiger partial charge is 0.266 e. The fraction of sp³-hybridized carbons (Fsp3) is 0.280. The summed E-state index contributed by atoms with van der Waals surface area (Å²) >= 11 is 6.59. The van der Waals surface area contributed by atoms with Crippen LogP contribution in [-0.2, 0) is 4.79 Å². The monoisotopic (exact) mass is 469 g/mol. The lowest BCUT2D eigenvalue weighted by molar-refractivity contribution is -0.121. The molecular weight excluding hydrogens is 442 g/mol. The summed E-state index contributed by atoms with van der Waals surface area (Å²) in [5.74, 6) is 2.07. The van der Waals surface area contributed by atoms with Crippen molar-refractivity contribution in [1.29, 1.82) is 0 Å². The Balaban J connectivity index is 1.60. The molecule has 1 saturated heterocycles. The van der Waals surface area contributed by atoms with Crippen LogP contribution in [0.2, 0.25) is 0 Å². The molecule has 0 atom stereocenters. The van der Waals surface area contributed by atoms with E-state index in [4.69, 9.17) is 26.4 Å². The van der Waals surface area contributed by atoms with Gasteiger partial charge in [-0.15, -0.1) is 6.58 Å². The quantitative estimate of drug-likeness (QED) is 0.184. The summed E-state index contributed by atoms with van der Waals surface area (Å²) in [6, 6.07) is 13.6. The number of thiocarbonyl (C=S) groups is 1. The average Bonchev–Trinajstić information content (AvgIpc) is 3.03. The number of hydrogen-bond acceptors (Lipinski definition) is 6. The minimum absolute atomic E-state index is 0.105. The zero-order chi connectivity index (χ0) is 22.9. The van der Waals surface area contributed by atoms with Gasteiger partial charge in [0.1, 0.15) is 10.1 Å². The lowest BCUT2D eigenvalue weighted by atomic mass is 10.2. The second-order valence-corrected chi connectivity index (χ2v) is 8.76. The molecule has 2 aromatic carbocycles. The first-order valence-electron chi connectivity index (χ1n) is 10.5. The summed E-state index contributed by atoms with van der Waals surface area (Å²) in [5.41, 5.74) is 2.02. The van der Waals surface area contributed by atoms with E-state index in [9.17, 15) is 4.79 Å². The van der Waals surface area contributed by atoms with E-state index >= 15 is 0 Å². The number of aryl methyl sites for hydroxylation is 1. The van der Waals surface area contributed by atoms with Crippen LogP contribution in [0.15, 0.2) is 60.0 Å². The highest BCUT2D eigenvalue weighted by molar-refractivity contribution is 8.26. The summed E-state index contributed by atoms with van der Waals surface area (Å²) in [6.45, 7) is 9.63. The molecule has 1 fully saturated rings. The lowest BCUT2D eigenvalue weighted by Crippen LogP contribution is -2.27. The number of benzene rings is 2. The van der Waals surface area contributed by atoms with Gasteiger partial charge in [-0.25, -0.2) is 0 Å². The number of carbonyl (C=O) groups is 1. The molecule has 0 bridgehead atoms. The molecule has 1 heterocycles. The minimum Gasteiger partial charge on any atom is -0.493 e. The summed E-state index contributed by atoms with van der Waals surface area (Å²) in [4.78, 5) is 14.7. The highest BCUT2D eigenvalue weighted by atomic mass is 32.2. The van der Waals surface area contributed by atoms with Gasteiger partial charge in [0, 0.05) is 13.0 Å². The molecule has 3 rings (SSSR count). The van der Waals surface area contributed by atoms with E-state index in [1.54, 1.807) is 11.0 Å². The zero-order valence-corrected chi connectivity index (χ0v) is 20.0. The highest BCUT2D eigenvalue weighted by Gasteiger charge is 2.31. The van der Waals surface area contributed by atoms with Crippen LogP contribution in [0, 0.1) is 6.92 Å². The van der Waals surface area contributed by atoms with Crippen molar-refractivity contribution in [2.24, 2.45) is 0 Å². The van der Waals surface area contributed by atoms with Crippen LogP contribution in [0.4, 0.5) is 0 Å². The van der Waals surface area contributed by atoms with Crippen molar-refractivity contribution in [2.45, 2.75) is 20.3 Å². The lowest BCUT2D eigenvalue weighted by Gasteiger charge is -2.13. The molecule has 0 unspecified atom stereocenters. The maximum atomic E-state index is 12.5. The normalized spacial score (nSPS) is 14.7. The largest absolute Gasteiger partial charge is 0.493 e. The topological polar surface area (TPSA) is 48.0 Å². The minimum atomic E-state index is -0.105. The Morgan fingerprint density at radius 3 is 2.66 bits per heavy atom. The van der Waals surface area contributed by atoms with Gasteiger partial charge in [-0.1, -0.05) is 48.3 Å². The van der Waals surface area contributed by atoms with Gasteiger partial charge >= 0.3 is 0 Å². The second-order valence-electron chi connectivity index (χ2n) is 7.09. The number of hydrogen-bond donors (Lipinski definition) is 0. The van der Waals surface area contributed by atoms with Crippen molar-refractivity contribution in [3.05, 3.63) is 71.2 Å². The summed E-state index contributed by atoms with van der Waals surface area (Å²) < 4.78 is 18.0. The second kappa shape index (κ2) is 11.7. The number of thioether (sulfide) groups is 1. The summed E-state index contributed by atoms with van der Waals surface area (Å²) in [5, 5.41) is 0. The fourth-order valence-electron chi connectivity index (χ4n) is 3.08. The maximum Gasteiger partial charge on any atom is 0.266 e. The number of carbonyl (C=O) groups excluding carboxylic acids is 1. The van der Waals surface area contributed by atoms with E-state index in [1.807, 2.05) is 62.4 Å². The molecule has 32 heavy (non-hydrogen) atoms. The Labute approximate surface area is 199 Å². The van der Waals surface area contributed by atoms with Crippen molar-refractivity contribution in [3.8, 4) is 17.2 Å². The number of amides is 1. The fourth-order valence-corrected chi connectivity index (χ4v) is 4.35. The van der Waals surface area contributed by atoms with Crippen molar-refractivity contribution in [2.75, 3.05) is 26.4 Å². The Kier molecular flexibility index (Phi) is 8.76. The number of rotatable bonds is 11. The Morgan fingerprint density at radius 1 is 1.09 bits per heavy atom. The summed E-state index contributed by atoms with van der Waals surface area (Å²) in [6.07, 6.45) is 4.23. The summed E-state index contributed by atoms with van der Waals surface area (Å²) in [7, 11) is 0. The van der Waals surface area contributed by atoms with Crippen molar-refractivity contribution < 1.29 is 19.0 Å². The van der Waals surface area contributed by atoms with Gasteiger partial charge in [-0.3, -0.25) is 9.69 Å². The van der Waals surface area contributed by atoms with Gasteiger partial charge in [0.2, 0.25) is 0 Å². The first kappa shape index (κ1) is 23.9. The van der Waals surface area contributed by atoms with Crippen LogP contribution in [0.5, 0.6) is 17.2 Å². The zero-order valence-electron chi connectivity index (χ0n) is 18.3. The molecule has 168 valence electrons. The van der Waals surface area contributed by atoms with Gasteiger partial charge in [0.05, 0.1) is 24.7 Å². The van der Waals surface area contributed by atoms with Crippen LogP contribution in [0.25, 0.3) is 6.08 Å². The molecule has 1 aliphatic heterocycles. The van der Waals surface area contributed by atoms with Crippen LogP contribution in [0.1, 0.15) is 24.5 Å². The first-order chi connectivity index (χ1) is 15.5. The predicted molar refractivity (Wildman–Crippen MR) is 134 cm³/mol. The Hall–Kier alpha value is -2.77. The van der Waals surface area contributed by atoms with Crippen molar-refractivity contribution in [3.63, 3.8) is 0 Å². The van der Waals surface area contributed by atoms with Crippen LogP contribution < -0.4 is 14.2 Å². The molecule has 5 nitrogen and oxygen atoms in total. The number of nitrogens with zero attached hydrogens (tertiary/aromatic N) is 1. The van der Waals surface area contributed by atoms with Crippen LogP contribution in [-0.4, -0.2) is 41.5 Å². The van der Waals surface area contributed by atoms with Gasteiger partial charge in [0.25, 0.3) is 5.91 Å². The van der Waals surface area contributed by atoms with E-state index in [2.05, 4.69) is 6.58 Å². The molecule has 2 aromatic rings. The van der Waals surface area contributed by atoms with Gasteiger partial charge in [0.15, 0.2) is 11.5 Å². The van der Waals surface area contributed by atoms with Gasteiger partial charge in [-0.2, -0.15) is 0 Å². The average molecular weight is 470 g/mol. The SMILES string of the molecule is C=CCN1C(=O)/C(=C/c2ccc(OCCCOc3cccc(C)c3)c(OCC)c2)SC1=S. The van der Waals surface area contributed by atoms with E-state index in [0.717, 1.165) is 17.7 Å². The van der Waals surface area contributed by atoms with Crippen LogP contribution >= 0.6 is 24.0 Å². The predicted octanol–water partition coefficient (Wildman–Crippen LogP) is 5.63. The molecule has 0 aromatic heterocycles. The Bertz CT molecular complexity index is 1020. The van der Waals surface area contributed by atoms with E-state index in [1.165, 1.54) is 17.3 Å². The molecular formula is C25H27NO4S2. The Morgan fingerprint density at radius 2 is 1.91 bits per heavy atom. The number of ether oxygens (including phenoxy) is 3. The van der Waals surface area contributed by atoms with Crippen molar-refractivity contribution >= 4 is 40.3 Å². The molecule has 1 aliphatic rings. The van der Waals surface area contributed by atoms with Gasteiger partial charge in [-0.05, 0) is 55.3 Å². The highest BCUT2D eigenvalue weighted by Crippen LogP contribution is 2.34. The van der Waals surface area contributed by atoms with E-state index < -0.39 is 0 Å². The van der Waals surface area contributed by atoms with E-state index in [0.29, 0.717) is 47.1 Å². The molecule has 1 amide bonds. The standard InChI is InChI=1S/C25H27NO4S2/c1-4-12-26-24(27)23(32-25(26)31)17-19-10-11-21(22(16-19)28-5-2)30-14-7-13-29-20-9-6-8-18(3)15-20/h4,6,8-11,15-17H,1,5,7,12-14H2,2-3H3/b23-17-. The third-order valence-electron chi connectivity index (χ3n) is 4.56. The molecule has 0 aliphatic carbocycles. The van der Waals surface area contributed by atoms with Gasteiger partial charge < -0.3 is 14.2 Å². The molecule has 0 spiro atoms. The van der Waals surface area contributed by atoms with Crippen molar-refractivity contribution in [1.82, 2.24) is 4.90 Å². The molecule has 7 heteroatoms.